The Morgan fingerprint density at radius 3 is 2.59 bits per heavy atom. The minimum absolute atomic E-state index is 0.257. The molecule has 5 nitrogen and oxygen atoms in total. The van der Waals surface area contributed by atoms with Crippen LogP contribution in [0.25, 0.3) is 33.3 Å². The number of ether oxygens (including phenoxy) is 1. The molecule has 2 aromatic carbocycles. The lowest BCUT2D eigenvalue weighted by atomic mass is 10.0. The van der Waals surface area contributed by atoms with E-state index >= 15 is 0 Å². The first-order valence-corrected chi connectivity index (χ1v) is 10.3. The lowest BCUT2D eigenvalue weighted by molar-refractivity contribution is 0.301. The predicted molar refractivity (Wildman–Crippen MR) is 123 cm³/mol. The molecule has 5 aromatic rings. The van der Waals surface area contributed by atoms with Crippen LogP contribution in [0.2, 0.25) is 0 Å². The second kappa shape index (κ2) is 8.23. The van der Waals surface area contributed by atoms with Crippen LogP contribution in [0.15, 0.2) is 73.1 Å². The summed E-state index contributed by atoms with van der Waals surface area (Å²) in [6.45, 7) is 4.32. The lowest BCUT2D eigenvalue weighted by Gasteiger charge is -2.10. The van der Waals surface area contributed by atoms with Crippen LogP contribution in [-0.4, -0.2) is 20.2 Å². The SMILES string of the molecule is Cc1cc(-c2cn[nH]c2COc2ccc(-c3nc4ccc(F)cc4cc3C)cc2)ccn1. The van der Waals surface area contributed by atoms with Gasteiger partial charge in [0.2, 0.25) is 0 Å². The molecular weight excluding hydrogens is 403 g/mol. The number of hydrogen-bond donors (Lipinski definition) is 1. The fourth-order valence-electron chi connectivity index (χ4n) is 3.79. The van der Waals surface area contributed by atoms with Gasteiger partial charge in [-0.15, -0.1) is 0 Å². The predicted octanol–water partition coefficient (Wildman–Crippen LogP) is 6.02. The number of rotatable bonds is 5. The number of nitrogens with one attached hydrogen (secondary N) is 1. The van der Waals surface area contributed by atoms with Crippen molar-refractivity contribution in [1.82, 2.24) is 20.2 Å². The molecule has 6 heteroatoms. The highest BCUT2D eigenvalue weighted by Crippen LogP contribution is 2.28. The van der Waals surface area contributed by atoms with Gasteiger partial charge in [-0.05, 0) is 85.6 Å². The molecular formula is C26H21FN4O. The molecule has 3 aromatic heterocycles. The molecule has 0 amide bonds. The molecule has 0 aliphatic heterocycles. The number of fused-ring (bicyclic) bond motifs is 1. The number of benzene rings is 2. The maximum absolute atomic E-state index is 13.5. The van der Waals surface area contributed by atoms with Crippen molar-refractivity contribution in [2.75, 3.05) is 0 Å². The third kappa shape index (κ3) is 3.95. The fraction of sp³-hybridized carbons (Fsp3) is 0.115. The van der Waals surface area contributed by atoms with Crippen LogP contribution in [0.4, 0.5) is 4.39 Å². The average Bonchev–Trinajstić information content (AvgIpc) is 3.26. The molecule has 158 valence electrons. The molecule has 0 atom stereocenters. The molecule has 0 radical (unpaired) electrons. The number of aromatic amines is 1. The van der Waals surface area contributed by atoms with E-state index in [4.69, 9.17) is 9.72 Å². The molecule has 0 fully saturated rings. The summed E-state index contributed by atoms with van der Waals surface area (Å²) in [6, 6.07) is 18.4. The highest BCUT2D eigenvalue weighted by atomic mass is 19.1. The summed E-state index contributed by atoms with van der Waals surface area (Å²) in [5.74, 6) is 0.494. The molecule has 0 spiro atoms. The van der Waals surface area contributed by atoms with Crippen LogP contribution in [0.3, 0.4) is 0 Å². The maximum atomic E-state index is 13.5. The van der Waals surface area contributed by atoms with Gasteiger partial charge in [0.05, 0.1) is 23.1 Å². The topological polar surface area (TPSA) is 63.7 Å². The summed E-state index contributed by atoms with van der Waals surface area (Å²) >= 11 is 0. The maximum Gasteiger partial charge on any atom is 0.130 e. The second-order valence-corrected chi connectivity index (χ2v) is 7.75. The zero-order valence-corrected chi connectivity index (χ0v) is 17.8. The molecule has 1 N–H and O–H groups in total. The van der Waals surface area contributed by atoms with Crippen LogP contribution < -0.4 is 4.74 Å². The number of aromatic nitrogens is 4. The molecule has 0 unspecified atom stereocenters. The zero-order valence-electron chi connectivity index (χ0n) is 17.8. The average molecular weight is 424 g/mol. The Morgan fingerprint density at radius 1 is 0.938 bits per heavy atom. The van der Waals surface area contributed by atoms with E-state index in [1.54, 1.807) is 18.5 Å². The number of H-pyrrole nitrogens is 1. The van der Waals surface area contributed by atoms with Crippen molar-refractivity contribution in [2.24, 2.45) is 0 Å². The van der Waals surface area contributed by atoms with Crippen molar-refractivity contribution >= 4 is 10.9 Å². The zero-order chi connectivity index (χ0) is 22.1. The highest BCUT2D eigenvalue weighted by Gasteiger charge is 2.10. The van der Waals surface area contributed by atoms with Crippen molar-refractivity contribution in [3.8, 4) is 28.1 Å². The molecule has 5 rings (SSSR count). The number of halogens is 1. The number of nitrogens with zero attached hydrogens (tertiary/aromatic N) is 3. The Labute approximate surface area is 184 Å². The van der Waals surface area contributed by atoms with Gasteiger partial charge in [0.1, 0.15) is 18.2 Å². The Balaban J connectivity index is 1.34. The smallest absolute Gasteiger partial charge is 0.130 e. The molecule has 32 heavy (non-hydrogen) atoms. The van der Waals surface area contributed by atoms with E-state index in [9.17, 15) is 4.39 Å². The standard InChI is InChI=1S/C26H21FN4O/c1-16-11-20-13-21(27)5-8-24(20)30-26(16)18-3-6-22(7-4-18)32-15-25-23(14-29-31-25)19-9-10-28-17(2)12-19/h3-14H,15H2,1-2H3,(H,29,31). The van der Waals surface area contributed by atoms with Crippen LogP contribution in [0.5, 0.6) is 5.75 Å². The van der Waals surface area contributed by atoms with Crippen LogP contribution in [0, 0.1) is 19.7 Å². The van der Waals surface area contributed by atoms with Gasteiger partial charge in [-0.1, -0.05) is 0 Å². The monoisotopic (exact) mass is 424 g/mol. The van der Waals surface area contributed by atoms with Crippen LogP contribution >= 0.6 is 0 Å². The van der Waals surface area contributed by atoms with Crippen molar-refractivity contribution in [1.29, 1.82) is 0 Å². The van der Waals surface area contributed by atoms with Gasteiger partial charge in [-0.3, -0.25) is 10.1 Å². The normalized spacial score (nSPS) is 11.1. The van der Waals surface area contributed by atoms with Gasteiger partial charge >= 0.3 is 0 Å². The minimum atomic E-state index is -0.257. The molecule has 3 heterocycles. The van der Waals surface area contributed by atoms with Gasteiger partial charge in [0.25, 0.3) is 0 Å². The van der Waals surface area contributed by atoms with Gasteiger partial charge in [-0.25, -0.2) is 9.37 Å². The van der Waals surface area contributed by atoms with E-state index in [2.05, 4.69) is 15.2 Å². The van der Waals surface area contributed by atoms with E-state index < -0.39 is 0 Å². The molecule has 0 aliphatic rings. The first-order valence-electron chi connectivity index (χ1n) is 10.3. The summed E-state index contributed by atoms with van der Waals surface area (Å²) in [5, 5.41) is 8.00. The molecule has 0 saturated heterocycles. The van der Waals surface area contributed by atoms with Gasteiger partial charge in [0, 0.05) is 28.4 Å². The Morgan fingerprint density at radius 2 is 1.78 bits per heavy atom. The largest absolute Gasteiger partial charge is 0.487 e. The van der Waals surface area contributed by atoms with Crippen molar-refractivity contribution in [3.63, 3.8) is 0 Å². The Kier molecular flexibility index (Phi) is 5.11. The summed E-state index contributed by atoms with van der Waals surface area (Å²) in [4.78, 5) is 8.98. The molecule has 0 saturated carbocycles. The van der Waals surface area contributed by atoms with Crippen LogP contribution in [-0.2, 0) is 6.61 Å². The summed E-state index contributed by atoms with van der Waals surface area (Å²) < 4.78 is 19.5. The number of aryl methyl sites for hydroxylation is 2. The van der Waals surface area contributed by atoms with Crippen LogP contribution in [0.1, 0.15) is 17.0 Å². The van der Waals surface area contributed by atoms with Gasteiger partial charge in [-0.2, -0.15) is 5.10 Å². The fourth-order valence-corrected chi connectivity index (χ4v) is 3.79. The number of hydrogen-bond acceptors (Lipinski definition) is 4. The Bertz CT molecular complexity index is 1410. The molecule has 0 aliphatic carbocycles. The third-order valence-electron chi connectivity index (χ3n) is 5.40. The van der Waals surface area contributed by atoms with E-state index in [-0.39, 0.29) is 5.82 Å². The van der Waals surface area contributed by atoms with E-state index in [1.165, 1.54) is 12.1 Å². The first kappa shape index (κ1) is 19.9. The summed E-state index contributed by atoms with van der Waals surface area (Å²) in [5.41, 5.74) is 7.53. The van der Waals surface area contributed by atoms with Crippen molar-refractivity contribution in [2.45, 2.75) is 20.5 Å². The summed E-state index contributed by atoms with van der Waals surface area (Å²) in [7, 11) is 0. The quantitative estimate of drug-likeness (QED) is 0.375. The van der Waals surface area contributed by atoms with Crippen molar-refractivity contribution in [3.05, 3.63) is 95.8 Å². The molecule has 0 bridgehead atoms. The minimum Gasteiger partial charge on any atom is -0.487 e. The lowest BCUT2D eigenvalue weighted by Crippen LogP contribution is -1.98. The van der Waals surface area contributed by atoms with E-state index in [0.717, 1.165) is 56.0 Å². The van der Waals surface area contributed by atoms with Crippen molar-refractivity contribution < 1.29 is 9.13 Å². The van der Waals surface area contributed by atoms with E-state index in [1.807, 2.05) is 56.3 Å². The number of pyridine rings is 2. The second-order valence-electron chi connectivity index (χ2n) is 7.75. The van der Waals surface area contributed by atoms with Gasteiger partial charge < -0.3 is 4.74 Å². The Hall–Kier alpha value is -4.06. The highest BCUT2D eigenvalue weighted by molar-refractivity contribution is 5.83. The van der Waals surface area contributed by atoms with Gasteiger partial charge in [0.15, 0.2) is 0 Å². The first-order chi connectivity index (χ1) is 15.6. The third-order valence-corrected chi connectivity index (χ3v) is 5.40. The van der Waals surface area contributed by atoms with E-state index in [0.29, 0.717) is 6.61 Å². The summed E-state index contributed by atoms with van der Waals surface area (Å²) in [6.07, 6.45) is 3.59.